The summed E-state index contributed by atoms with van der Waals surface area (Å²) in [5.74, 6) is 0.276. The van der Waals surface area contributed by atoms with E-state index in [1.807, 2.05) is 29.2 Å². The van der Waals surface area contributed by atoms with Crippen molar-refractivity contribution in [2.24, 2.45) is 0 Å². The standard InChI is InChI=1S/C34H42FN5O3/c1-24-19-39(31(18-36-24)20-38-12-13-42-22-25(38)2)21-33(41)40-30(15-26-6-4-3-5-7-26)23-43-34-32(40)16-28(17-37-34)14-27-8-10-29(35)11-9-27/h3-11,16-17,24-25,30-31,36H,12-15,18-23H2,1-2H3/t24-,25-,30+,31-/m1/s1. The third-order valence-corrected chi connectivity index (χ3v) is 8.85. The third-order valence-electron chi connectivity index (χ3n) is 8.85. The van der Waals surface area contributed by atoms with Crippen LogP contribution in [-0.2, 0) is 22.4 Å². The minimum atomic E-state index is -0.259. The highest BCUT2D eigenvalue weighted by molar-refractivity contribution is 5.97. The lowest BCUT2D eigenvalue weighted by Gasteiger charge is -2.44. The summed E-state index contributed by atoms with van der Waals surface area (Å²) in [5.41, 5.74) is 3.79. The molecule has 1 N–H and O–H groups in total. The van der Waals surface area contributed by atoms with Crippen molar-refractivity contribution in [3.63, 3.8) is 0 Å². The smallest absolute Gasteiger partial charge is 0.241 e. The molecule has 6 rings (SSSR count). The molecule has 0 unspecified atom stereocenters. The van der Waals surface area contributed by atoms with E-state index in [-0.39, 0.29) is 23.8 Å². The maximum atomic E-state index is 14.5. The number of carbonyl (C=O) groups is 1. The average molecular weight is 588 g/mol. The Labute approximate surface area is 253 Å². The molecule has 8 nitrogen and oxygen atoms in total. The van der Waals surface area contributed by atoms with Crippen molar-refractivity contribution in [2.75, 3.05) is 57.4 Å². The second-order valence-corrected chi connectivity index (χ2v) is 12.2. The van der Waals surface area contributed by atoms with Crippen LogP contribution in [0.15, 0.2) is 66.9 Å². The number of piperazine rings is 1. The van der Waals surface area contributed by atoms with Gasteiger partial charge >= 0.3 is 0 Å². The lowest BCUT2D eigenvalue weighted by atomic mass is 10.0. The lowest BCUT2D eigenvalue weighted by Crippen LogP contribution is -2.62. The van der Waals surface area contributed by atoms with E-state index in [9.17, 15) is 9.18 Å². The minimum Gasteiger partial charge on any atom is -0.474 e. The minimum absolute atomic E-state index is 0.0559. The van der Waals surface area contributed by atoms with Gasteiger partial charge in [0.2, 0.25) is 11.8 Å². The molecule has 228 valence electrons. The number of morpholine rings is 1. The van der Waals surface area contributed by atoms with Gasteiger partial charge in [0.05, 0.1) is 25.8 Å². The van der Waals surface area contributed by atoms with Gasteiger partial charge in [0.25, 0.3) is 0 Å². The number of anilines is 1. The molecular formula is C34H42FN5O3. The van der Waals surface area contributed by atoms with E-state index in [4.69, 9.17) is 9.47 Å². The molecule has 9 heteroatoms. The Morgan fingerprint density at radius 2 is 1.81 bits per heavy atom. The Bertz CT molecular complexity index is 1370. The van der Waals surface area contributed by atoms with Crippen molar-refractivity contribution in [3.05, 3.63) is 89.4 Å². The molecule has 0 bridgehead atoms. The molecule has 43 heavy (non-hydrogen) atoms. The Kier molecular flexibility index (Phi) is 9.33. The van der Waals surface area contributed by atoms with E-state index >= 15 is 0 Å². The summed E-state index contributed by atoms with van der Waals surface area (Å²) in [6.07, 6.45) is 3.06. The summed E-state index contributed by atoms with van der Waals surface area (Å²) in [7, 11) is 0. The van der Waals surface area contributed by atoms with E-state index in [2.05, 4.69) is 46.1 Å². The predicted octanol–water partition coefficient (Wildman–Crippen LogP) is 3.53. The topological polar surface area (TPSA) is 70.2 Å². The number of rotatable bonds is 8. The number of aromatic nitrogens is 1. The normalized spacial score (nSPS) is 24.8. The van der Waals surface area contributed by atoms with E-state index in [1.54, 1.807) is 18.3 Å². The van der Waals surface area contributed by atoms with Crippen LogP contribution in [0.2, 0.25) is 0 Å². The van der Waals surface area contributed by atoms with Crippen LogP contribution in [0.5, 0.6) is 5.88 Å². The van der Waals surface area contributed by atoms with Gasteiger partial charge in [0.15, 0.2) is 0 Å². The number of pyridine rings is 1. The highest BCUT2D eigenvalue weighted by Crippen LogP contribution is 2.35. The zero-order chi connectivity index (χ0) is 29.8. The highest BCUT2D eigenvalue weighted by Gasteiger charge is 2.37. The maximum Gasteiger partial charge on any atom is 0.241 e. The number of ether oxygens (including phenoxy) is 2. The van der Waals surface area contributed by atoms with Crippen LogP contribution in [0.1, 0.15) is 30.5 Å². The van der Waals surface area contributed by atoms with Crippen molar-refractivity contribution in [2.45, 2.75) is 50.9 Å². The van der Waals surface area contributed by atoms with E-state index in [0.29, 0.717) is 49.6 Å². The molecule has 2 fully saturated rings. The number of nitrogens with zero attached hydrogens (tertiary/aromatic N) is 4. The molecule has 0 spiro atoms. The Hall–Kier alpha value is -3.37. The number of fused-ring (bicyclic) bond motifs is 1. The Morgan fingerprint density at radius 3 is 2.60 bits per heavy atom. The molecule has 3 aliphatic rings. The molecule has 2 aromatic carbocycles. The predicted molar refractivity (Wildman–Crippen MR) is 165 cm³/mol. The molecule has 4 atom stereocenters. The van der Waals surface area contributed by atoms with E-state index < -0.39 is 0 Å². The first-order chi connectivity index (χ1) is 20.9. The van der Waals surface area contributed by atoms with Gasteiger partial charge in [-0.15, -0.1) is 0 Å². The fourth-order valence-corrected chi connectivity index (χ4v) is 6.48. The number of halogens is 1. The van der Waals surface area contributed by atoms with Gasteiger partial charge in [0.1, 0.15) is 18.1 Å². The van der Waals surface area contributed by atoms with Gasteiger partial charge < -0.3 is 14.8 Å². The molecule has 0 aliphatic carbocycles. The van der Waals surface area contributed by atoms with Crippen LogP contribution in [0.3, 0.4) is 0 Å². The monoisotopic (exact) mass is 587 g/mol. The largest absolute Gasteiger partial charge is 0.474 e. The number of amides is 1. The first-order valence-corrected chi connectivity index (χ1v) is 15.4. The van der Waals surface area contributed by atoms with Crippen LogP contribution in [0.25, 0.3) is 0 Å². The number of carbonyl (C=O) groups excluding carboxylic acids is 1. The van der Waals surface area contributed by atoms with Crippen LogP contribution < -0.4 is 15.0 Å². The first kappa shape index (κ1) is 29.7. The second-order valence-electron chi connectivity index (χ2n) is 12.2. The van der Waals surface area contributed by atoms with Crippen LogP contribution in [0, 0.1) is 5.82 Å². The zero-order valence-corrected chi connectivity index (χ0v) is 25.1. The van der Waals surface area contributed by atoms with Crippen molar-refractivity contribution in [1.82, 2.24) is 20.1 Å². The van der Waals surface area contributed by atoms with Gasteiger partial charge in [-0.1, -0.05) is 42.5 Å². The summed E-state index contributed by atoms with van der Waals surface area (Å²) in [5, 5.41) is 3.63. The summed E-state index contributed by atoms with van der Waals surface area (Å²) in [6.45, 7) is 10.0. The average Bonchev–Trinajstić information content (AvgIpc) is 3.01. The Balaban J connectivity index is 1.27. The zero-order valence-electron chi connectivity index (χ0n) is 25.1. The number of hydrogen-bond acceptors (Lipinski definition) is 7. The van der Waals surface area contributed by atoms with Crippen molar-refractivity contribution >= 4 is 11.6 Å². The lowest BCUT2D eigenvalue weighted by molar-refractivity contribution is -0.122. The summed E-state index contributed by atoms with van der Waals surface area (Å²) in [4.78, 5) is 25.9. The summed E-state index contributed by atoms with van der Waals surface area (Å²) >= 11 is 0. The van der Waals surface area contributed by atoms with Gasteiger partial charge in [0, 0.05) is 50.5 Å². The fraction of sp³-hybridized carbons (Fsp3) is 0.471. The Morgan fingerprint density at radius 1 is 1.00 bits per heavy atom. The van der Waals surface area contributed by atoms with Gasteiger partial charge in [-0.05, 0) is 61.6 Å². The van der Waals surface area contributed by atoms with Crippen molar-refractivity contribution < 1.29 is 18.7 Å². The van der Waals surface area contributed by atoms with Crippen molar-refractivity contribution in [3.8, 4) is 5.88 Å². The molecule has 2 saturated heterocycles. The quantitative estimate of drug-likeness (QED) is 0.433. The molecule has 3 aromatic rings. The number of nitrogens with one attached hydrogen (secondary N) is 1. The molecule has 4 heterocycles. The third kappa shape index (κ3) is 7.24. The molecule has 3 aliphatic heterocycles. The van der Waals surface area contributed by atoms with Gasteiger partial charge in [-0.2, -0.15) is 0 Å². The summed E-state index contributed by atoms with van der Waals surface area (Å²) in [6, 6.07) is 19.5. The van der Waals surface area contributed by atoms with Gasteiger partial charge in [-0.3, -0.25) is 19.5 Å². The SMILES string of the molecule is C[C@@H]1CN(CC(=O)N2c3cc(Cc4ccc(F)cc4)cnc3OC[C@@H]2Cc2ccccc2)[C@@H](CN2CCOC[C@H]2C)CN1. The van der Waals surface area contributed by atoms with E-state index in [0.717, 1.165) is 56.1 Å². The highest BCUT2D eigenvalue weighted by atomic mass is 19.1. The molecule has 1 amide bonds. The van der Waals surface area contributed by atoms with Crippen LogP contribution in [-0.4, -0.2) is 97.4 Å². The number of hydrogen-bond donors (Lipinski definition) is 1. The van der Waals surface area contributed by atoms with Crippen LogP contribution in [0.4, 0.5) is 10.1 Å². The van der Waals surface area contributed by atoms with Gasteiger partial charge in [-0.25, -0.2) is 9.37 Å². The molecule has 1 aromatic heterocycles. The van der Waals surface area contributed by atoms with Crippen LogP contribution >= 0.6 is 0 Å². The maximum absolute atomic E-state index is 14.5. The molecule has 0 radical (unpaired) electrons. The molecular weight excluding hydrogens is 545 g/mol. The fourth-order valence-electron chi connectivity index (χ4n) is 6.48. The first-order valence-electron chi connectivity index (χ1n) is 15.4. The molecule has 0 saturated carbocycles. The second kappa shape index (κ2) is 13.5. The number of benzene rings is 2. The summed E-state index contributed by atoms with van der Waals surface area (Å²) < 4.78 is 25.3. The van der Waals surface area contributed by atoms with Crippen molar-refractivity contribution in [1.29, 1.82) is 0 Å². The van der Waals surface area contributed by atoms with E-state index in [1.165, 1.54) is 12.1 Å².